The first kappa shape index (κ1) is 21.9. The predicted molar refractivity (Wildman–Crippen MR) is 103 cm³/mol. The molecule has 0 bridgehead atoms. The van der Waals surface area contributed by atoms with Crippen LogP contribution < -0.4 is 0 Å². The molecule has 2 amide bonds. The van der Waals surface area contributed by atoms with Crippen molar-refractivity contribution >= 4 is 12.0 Å². The van der Waals surface area contributed by atoms with Crippen LogP contribution in [-0.4, -0.2) is 61.8 Å². The zero-order chi connectivity index (χ0) is 22.6. The van der Waals surface area contributed by atoms with Gasteiger partial charge in [0.1, 0.15) is 5.60 Å². The second-order valence-electron chi connectivity index (χ2n) is 9.67. The Balaban J connectivity index is 1.44. The number of hydrogen-bond donors (Lipinski definition) is 0. The van der Waals surface area contributed by atoms with E-state index in [4.69, 9.17) is 4.74 Å². The molecule has 3 heterocycles. The number of amides is 2. The standard InChI is InChI=1S/C20H28F3N5O3/c1-19(2,3)31-18(30)27-7-6-13(14(10-27)12-4-5-12)16(29)26-8-9-28-15(11-26)24-25-17(28)20(21,22)23/h12-14H,4-11H2,1-3H3/t13-,14+/m1/s1. The van der Waals surface area contributed by atoms with Gasteiger partial charge in [0, 0.05) is 32.1 Å². The summed E-state index contributed by atoms with van der Waals surface area (Å²) in [6, 6.07) is 0. The Bertz CT molecular complexity index is 859. The molecule has 2 aliphatic heterocycles. The lowest BCUT2D eigenvalue weighted by molar-refractivity contribution is -0.148. The van der Waals surface area contributed by atoms with Gasteiger partial charge < -0.3 is 19.1 Å². The van der Waals surface area contributed by atoms with Crippen molar-refractivity contribution in [2.45, 2.75) is 64.9 Å². The molecule has 0 radical (unpaired) electrons. The number of fused-ring (bicyclic) bond motifs is 1. The quantitative estimate of drug-likeness (QED) is 0.702. The summed E-state index contributed by atoms with van der Waals surface area (Å²) in [6.45, 7) is 6.58. The van der Waals surface area contributed by atoms with E-state index in [1.165, 1.54) is 0 Å². The third-order valence-corrected chi connectivity index (χ3v) is 6.17. The van der Waals surface area contributed by atoms with E-state index in [1.807, 2.05) is 20.8 Å². The summed E-state index contributed by atoms with van der Waals surface area (Å²) in [5, 5.41) is 6.95. The van der Waals surface area contributed by atoms with Crippen LogP contribution in [0.15, 0.2) is 0 Å². The van der Waals surface area contributed by atoms with E-state index < -0.39 is 17.6 Å². The highest BCUT2D eigenvalue weighted by atomic mass is 19.4. The maximum Gasteiger partial charge on any atom is 0.451 e. The first-order valence-corrected chi connectivity index (χ1v) is 10.7. The molecule has 1 saturated heterocycles. The molecule has 2 fully saturated rings. The van der Waals surface area contributed by atoms with Crippen molar-refractivity contribution in [1.29, 1.82) is 0 Å². The molecular weight excluding hydrogens is 415 g/mol. The molecule has 2 atom stereocenters. The van der Waals surface area contributed by atoms with Crippen molar-refractivity contribution in [1.82, 2.24) is 24.6 Å². The predicted octanol–water partition coefficient (Wildman–Crippen LogP) is 2.92. The summed E-state index contributed by atoms with van der Waals surface area (Å²) in [4.78, 5) is 29.1. The first-order valence-electron chi connectivity index (χ1n) is 10.7. The van der Waals surface area contributed by atoms with Crippen molar-refractivity contribution in [2.75, 3.05) is 19.6 Å². The van der Waals surface area contributed by atoms with E-state index in [2.05, 4.69) is 10.2 Å². The average Bonchev–Trinajstić information content (AvgIpc) is 3.42. The van der Waals surface area contributed by atoms with Crippen LogP contribution in [-0.2, 0) is 28.8 Å². The Morgan fingerprint density at radius 1 is 1.00 bits per heavy atom. The van der Waals surface area contributed by atoms with Crippen LogP contribution in [0.2, 0.25) is 0 Å². The molecule has 3 aliphatic rings. The van der Waals surface area contributed by atoms with Gasteiger partial charge in [-0.3, -0.25) is 4.79 Å². The maximum atomic E-state index is 13.3. The largest absolute Gasteiger partial charge is 0.451 e. The Morgan fingerprint density at radius 3 is 2.32 bits per heavy atom. The van der Waals surface area contributed by atoms with Crippen LogP contribution >= 0.6 is 0 Å². The number of likely N-dealkylation sites (tertiary alicyclic amines) is 1. The molecule has 172 valence electrons. The molecule has 1 saturated carbocycles. The van der Waals surface area contributed by atoms with Gasteiger partial charge in [-0.2, -0.15) is 13.2 Å². The normalized spacial score (nSPS) is 24.7. The highest BCUT2D eigenvalue weighted by molar-refractivity contribution is 5.80. The summed E-state index contributed by atoms with van der Waals surface area (Å²) in [6.07, 6.45) is -2.35. The van der Waals surface area contributed by atoms with Crippen LogP contribution in [0.25, 0.3) is 0 Å². The number of aromatic nitrogens is 3. The lowest BCUT2D eigenvalue weighted by Gasteiger charge is -2.41. The number of ether oxygens (including phenoxy) is 1. The Kier molecular flexibility index (Phi) is 5.41. The smallest absolute Gasteiger partial charge is 0.444 e. The monoisotopic (exact) mass is 443 g/mol. The summed E-state index contributed by atoms with van der Waals surface area (Å²) in [7, 11) is 0. The molecule has 0 aromatic carbocycles. The second kappa shape index (κ2) is 7.67. The minimum absolute atomic E-state index is 0.0194. The molecule has 0 unspecified atom stereocenters. The van der Waals surface area contributed by atoms with Crippen LogP contribution in [0.5, 0.6) is 0 Å². The van der Waals surface area contributed by atoms with Gasteiger partial charge in [-0.25, -0.2) is 4.79 Å². The van der Waals surface area contributed by atoms with Gasteiger partial charge in [0.2, 0.25) is 11.7 Å². The van der Waals surface area contributed by atoms with Crippen molar-refractivity contribution in [3.05, 3.63) is 11.6 Å². The Labute approximate surface area is 178 Å². The highest BCUT2D eigenvalue weighted by Gasteiger charge is 2.46. The third-order valence-electron chi connectivity index (χ3n) is 6.17. The number of carbonyl (C=O) groups excluding carboxylic acids is 2. The molecule has 11 heteroatoms. The Morgan fingerprint density at radius 2 is 1.71 bits per heavy atom. The zero-order valence-corrected chi connectivity index (χ0v) is 18.0. The summed E-state index contributed by atoms with van der Waals surface area (Å²) in [5.41, 5.74) is -0.585. The lowest BCUT2D eigenvalue weighted by Crippen LogP contribution is -2.52. The maximum absolute atomic E-state index is 13.3. The van der Waals surface area contributed by atoms with Crippen LogP contribution in [0.3, 0.4) is 0 Å². The number of carbonyl (C=O) groups is 2. The molecule has 1 aliphatic carbocycles. The minimum Gasteiger partial charge on any atom is -0.444 e. The van der Waals surface area contributed by atoms with E-state index in [1.54, 1.807) is 9.80 Å². The van der Waals surface area contributed by atoms with Crippen molar-refractivity contribution in [3.63, 3.8) is 0 Å². The number of halogens is 3. The van der Waals surface area contributed by atoms with Crippen LogP contribution in [0.4, 0.5) is 18.0 Å². The summed E-state index contributed by atoms with van der Waals surface area (Å²) >= 11 is 0. The van der Waals surface area contributed by atoms with Gasteiger partial charge in [-0.15, -0.1) is 10.2 Å². The van der Waals surface area contributed by atoms with Crippen molar-refractivity contribution in [2.24, 2.45) is 17.8 Å². The van der Waals surface area contributed by atoms with E-state index in [0.29, 0.717) is 25.4 Å². The van der Waals surface area contributed by atoms with E-state index >= 15 is 0 Å². The van der Waals surface area contributed by atoms with Crippen molar-refractivity contribution < 1.29 is 27.5 Å². The van der Waals surface area contributed by atoms with Crippen LogP contribution in [0, 0.1) is 17.8 Å². The number of piperidine rings is 1. The van der Waals surface area contributed by atoms with Gasteiger partial charge in [-0.05, 0) is 51.9 Å². The van der Waals surface area contributed by atoms with Gasteiger partial charge in [0.25, 0.3) is 0 Å². The number of rotatable bonds is 2. The summed E-state index contributed by atoms with van der Waals surface area (Å²) < 4.78 is 45.7. The van der Waals surface area contributed by atoms with E-state index in [9.17, 15) is 22.8 Å². The fourth-order valence-electron chi connectivity index (χ4n) is 4.57. The number of alkyl halides is 3. The fraction of sp³-hybridized carbons (Fsp3) is 0.800. The van der Waals surface area contributed by atoms with Gasteiger partial charge >= 0.3 is 12.3 Å². The van der Waals surface area contributed by atoms with Crippen LogP contribution in [0.1, 0.15) is 51.7 Å². The molecule has 8 nitrogen and oxygen atoms in total. The zero-order valence-electron chi connectivity index (χ0n) is 18.0. The lowest BCUT2D eigenvalue weighted by atomic mass is 9.81. The third kappa shape index (κ3) is 4.64. The minimum atomic E-state index is -4.57. The summed E-state index contributed by atoms with van der Waals surface area (Å²) in [5.74, 6) is -0.743. The van der Waals surface area contributed by atoms with Gasteiger partial charge in [0.05, 0.1) is 6.54 Å². The molecule has 0 spiro atoms. The molecule has 0 N–H and O–H groups in total. The average molecular weight is 443 g/mol. The highest BCUT2D eigenvalue weighted by Crippen LogP contribution is 2.44. The molecule has 1 aromatic heterocycles. The molecule has 31 heavy (non-hydrogen) atoms. The van der Waals surface area contributed by atoms with E-state index in [-0.39, 0.29) is 49.3 Å². The molecule has 1 aromatic rings. The fourth-order valence-corrected chi connectivity index (χ4v) is 4.57. The Hall–Kier alpha value is -2.33. The van der Waals surface area contributed by atoms with Crippen molar-refractivity contribution in [3.8, 4) is 0 Å². The number of nitrogens with zero attached hydrogens (tertiary/aromatic N) is 5. The van der Waals surface area contributed by atoms with E-state index in [0.717, 1.165) is 17.4 Å². The van der Waals surface area contributed by atoms with Gasteiger partial charge in [0.15, 0.2) is 5.82 Å². The molecular formula is C20H28F3N5O3. The first-order chi connectivity index (χ1) is 14.4. The topological polar surface area (TPSA) is 80.6 Å². The SMILES string of the molecule is CC(C)(C)OC(=O)N1CC[C@@H](C(=O)N2CCn3c(nnc3C(F)(F)F)C2)[C@H](C2CC2)C1. The second-order valence-corrected chi connectivity index (χ2v) is 9.67. The van der Waals surface area contributed by atoms with Gasteiger partial charge in [-0.1, -0.05) is 0 Å². The number of hydrogen-bond acceptors (Lipinski definition) is 5. The molecule has 4 rings (SSSR count).